The molecule has 18 heavy (non-hydrogen) atoms. The summed E-state index contributed by atoms with van der Waals surface area (Å²) < 4.78 is 5.15. The smallest absolute Gasteiger partial charge is 0.141 e. The van der Waals surface area contributed by atoms with Gasteiger partial charge < -0.3 is 9.72 Å². The lowest BCUT2D eigenvalue weighted by molar-refractivity contribution is 0.415. The summed E-state index contributed by atoms with van der Waals surface area (Å²) in [5.41, 5.74) is 3.99. The van der Waals surface area contributed by atoms with E-state index < -0.39 is 0 Å². The van der Waals surface area contributed by atoms with E-state index in [2.05, 4.69) is 21.0 Å². The molecule has 90 valence electrons. The van der Waals surface area contributed by atoms with Crippen molar-refractivity contribution in [3.8, 4) is 17.0 Å². The quantitative estimate of drug-likeness (QED) is 0.748. The summed E-state index contributed by atoms with van der Waals surface area (Å²) in [6, 6.07) is 10.0. The molecule has 0 saturated heterocycles. The SMILES string of the molecule is COc1ccc(-c2cc3c(C)ncnc3[nH]2)cc1. The van der Waals surface area contributed by atoms with E-state index in [1.54, 1.807) is 13.4 Å². The second-order valence-corrected chi connectivity index (χ2v) is 4.13. The van der Waals surface area contributed by atoms with Crippen LogP contribution in [-0.2, 0) is 0 Å². The Kier molecular flexibility index (Phi) is 2.48. The lowest BCUT2D eigenvalue weighted by Gasteiger charge is -2.00. The van der Waals surface area contributed by atoms with Gasteiger partial charge in [0.2, 0.25) is 0 Å². The minimum atomic E-state index is 0.853. The van der Waals surface area contributed by atoms with Gasteiger partial charge in [-0.15, -0.1) is 0 Å². The predicted octanol–water partition coefficient (Wildman–Crippen LogP) is 2.94. The molecule has 0 aliphatic rings. The van der Waals surface area contributed by atoms with Gasteiger partial charge in [0.25, 0.3) is 0 Å². The van der Waals surface area contributed by atoms with Gasteiger partial charge >= 0.3 is 0 Å². The second-order valence-electron chi connectivity index (χ2n) is 4.13. The predicted molar refractivity (Wildman–Crippen MR) is 70.6 cm³/mol. The maximum absolute atomic E-state index is 5.15. The third-order valence-electron chi connectivity index (χ3n) is 3.03. The number of fused-ring (bicyclic) bond motifs is 1. The van der Waals surface area contributed by atoms with Crippen LogP contribution < -0.4 is 4.74 Å². The maximum atomic E-state index is 5.15. The van der Waals surface area contributed by atoms with Crippen LogP contribution >= 0.6 is 0 Å². The zero-order chi connectivity index (χ0) is 12.5. The average molecular weight is 239 g/mol. The Bertz CT molecular complexity index is 686. The van der Waals surface area contributed by atoms with Crippen LogP contribution in [0.15, 0.2) is 36.7 Å². The molecule has 4 heteroatoms. The molecule has 3 rings (SSSR count). The van der Waals surface area contributed by atoms with E-state index in [0.29, 0.717) is 0 Å². The van der Waals surface area contributed by atoms with Crippen molar-refractivity contribution in [2.75, 3.05) is 7.11 Å². The number of hydrogen-bond donors (Lipinski definition) is 1. The molecule has 0 spiro atoms. The number of nitrogens with zero attached hydrogens (tertiary/aromatic N) is 2. The normalized spacial score (nSPS) is 10.8. The summed E-state index contributed by atoms with van der Waals surface area (Å²) in [7, 11) is 1.66. The van der Waals surface area contributed by atoms with Crippen molar-refractivity contribution in [1.82, 2.24) is 15.0 Å². The number of benzene rings is 1. The van der Waals surface area contributed by atoms with Crippen LogP contribution in [0, 0.1) is 6.92 Å². The first-order chi connectivity index (χ1) is 8.78. The molecule has 0 saturated carbocycles. The minimum absolute atomic E-state index is 0.853. The van der Waals surface area contributed by atoms with E-state index in [1.165, 1.54) is 0 Å². The highest BCUT2D eigenvalue weighted by Gasteiger charge is 2.06. The molecular formula is C14H13N3O. The Hall–Kier alpha value is -2.36. The maximum Gasteiger partial charge on any atom is 0.141 e. The van der Waals surface area contributed by atoms with Gasteiger partial charge in [-0.3, -0.25) is 0 Å². The molecule has 1 aromatic carbocycles. The molecular weight excluding hydrogens is 226 g/mol. The van der Waals surface area contributed by atoms with Crippen molar-refractivity contribution < 1.29 is 4.74 Å². The van der Waals surface area contributed by atoms with Crippen LogP contribution in [0.2, 0.25) is 0 Å². The summed E-state index contributed by atoms with van der Waals surface area (Å²) in [4.78, 5) is 11.7. The summed E-state index contributed by atoms with van der Waals surface area (Å²) in [6.45, 7) is 1.98. The number of H-pyrrole nitrogens is 1. The Morgan fingerprint density at radius 2 is 1.89 bits per heavy atom. The van der Waals surface area contributed by atoms with Gasteiger partial charge in [0.05, 0.1) is 12.8 Å². The molecule has 0 bridgehead atoms. The van der Waals surface area contributed by atoms with E-state index in [9.17, 15) is 0 Å². The lowest BCUT2D eigenvalue weighted by Crippen LogP contribution is -1.83. The van der Waals surface area contributed by atoms with Crippen LogP contribution in [0.1, 0.15) is 5.69 Å². The Labute approximate surface area is 105 Å². The molecule has 0 atom stereocenters. The molecule has 0 fully saturated rings. The Morgan fingerprint density at radius 1 is 1.11 bits per heavy atom. The highest BCUT2D eigenvalue weighted by molar-refractivity contribution is 5.84. The van der Waals surface area contributed by atoms with Crippen molar-refractivity contribution in [1.29, 1.82) is 0 Å². The van der Waals surface area contributed by atoms with Crippen LogP contribution in [-0.4, -0.2) is 22.1 Å². The summed E-state index contributed by atoms with van der Waals surface area (Å²) in [6.07, 6.45) is 1.58. The van der Waals surface area contributed by atoms with E-state index >= 15 is 0 Å². The molecule has 2 aromatic heterocycles. The van der Waals surface area contributed by atoms with Crippen LogP contribution in [0.5, 0.6) is 5.75 Å². The zero-order valence-corrected chi connectivity index (χ0v) is 10.3. The number of nitrogens with one attached hydrogen (secondary N) is 1. The lowest BCUT2D eigenvalue weighted by atomic mass is 10.1. The van der Waals surface area contributed by atoms with Crippen LogP contribution in [0.3, 0.4) is 0 Å². The topological polar surface area (TPSA) is 50.8 Å². The van der Waals surface area contributed by atoms with Gasteiger partial charge in [-0.1, -0.05) is 0 Å². The molecule has 0 amide bonds. The van der Waals surface area contributed by atoms with Gasteiger partial charge in [-0.05, 0) is 42.8 Å². The highest BCUT2D eigenvalue weighted by Crippen LogP contribution is 2.25. The number of aromatic nitrogens is 3. The molecule has 2 heterocycles. The fourth-order valence-corrected chi connectivity index (χ4v) is 1.99. The molecule has 0 aliphatic heterocycles. The van der Waals surface area contributed by atoms with Crippen LogP contribution in [0.25, 0.3) is 22.3 Å². The fraction of sp³-hybridized carbons (Fsp3) is 0.143. The van der Waals surface area contributed by atoms with Gasteiger partial charge in [0.15, 0.2) is 0 Å². The minimum Gasteiger partial charge on any atom is -0.497 e. The number of hydrogen-bond acceptors (Lipinski definition) is 3. The van der Waals surface area contributed by atoms with Crippen LogP contribution in [0.4, 0.5) is 0 Å². The number of methoxy groups -OCH3 is 1. The van der Waals surface area contributed by atoms with Crippen molar-refractivity contribution in [2.45, 2.75) is 6.92 Å². The first kappa shape index (κ1) is 10.8. The fourth-order valence-electron chi connectivity index (χ4n) is 1.99. The zero-order valence-electron chi connectivity index (χ0n) is 10.3. The molecule has 1 N–H and O–H groups in total. The molecule has 0 unspecified atom stereocenters. The summed E-state index contributed by atoms with van der Waals surface area (Å²) in [5.74, 6) is 0.853. The van der Waals surface area contributed by atoms with E-state index in [-0.39, 0.29) is 0 Å². The van der Waals surface area contributed by atoms with E-state index in [4.69, 9.17) is 4.74 Å². The van der Waals surface area contributed by atoms with Crippen molar-refractivity contribution in [3.63, 3.8) is 0 Å². The van der Waals surface area contributed by atoms with Gasteiger partial charge in [0, 0.05) is 11.1 Å². The summed E-state index contributed by atoms with van der Waals surface area (Å²) in [5, 5.41) is 1.06. The molecule has 0 aliphatic carbocycles. The number of rotatable bonds is 2. The van der Waals surface area contributed by atoms with Crippen molar-refractivity contribution >= 4 is 11.0 Å². The summed E-state index contributed by atoms with van der Waals surface area (Å²) >= 11 is 0. The molecule has 4 nitrogen and oxygen atoms in total. The second kappa shape index (κ2) is 4.14. The van der Waals surface area contributed by atoms with Gasteiger partial charge in [-0.25, -0.2) is 9.97 Å². The largest absolute Gasteiger partial charge is 0.497 e. The Balaban J connectivity index is 2.10. The Morgan fingerprint density at radius 3 is 2.56 bits per heavy atom. The third kappa shape index (κ3) is 1.72. The molecule has 0 radical (unpaired) electrons. The first-order valence-corrected chi connectivity index (χ1v) is 5.72. The first-order valence-electron chi connectivity index (χ1n) is 5.72. The van der Waals surface area contributed by atoms with Crippen molar-refractivity contribution in [3.05, 3.63) is 42.4 Å². The van der Waals surface area contributed by atoms with Crippen molar-refractivity contribution in [2.24, 2.45) is 0 Å². The number of ether oxygens (including phenoxy) is 1. The monoisotopic (exact) mass is 239 g/mol. The molecule has 3 aromatic rings. The number of aryl methyl sites for hydroxylation is 1. The van der Waals surface area contributed by atoms with E-state index in [1.807, 2.05) is 31.2 Å². The average Bonchev–Trinajstić information content (AvgIpc) is 2.84. The van der Waals surface area contributed by atoms with Gasteiger partial charge in [0.1, 0.15) is 17.7 Å². The highest BCUT2D eigenvalue weighted by atomic mass is 16.5. The van der Waals surface area contributed by atoms with Gasteiger partial charge in [-0.2, -0.15) is 0 Å². The van der Waals surface area contributed by atoms with E-state index in [0.717, 1.165) is 33.7 Å². The third-order valence-corrected chi connectivity index (χ3v) is 3.03. The number of aromatic amines is 1. The standard InChI is InChI=1S/C14H13N3O/c1-9-12-7-13(17-14(12)16-8-15-9)10-3-5-11(18-2)6-4-10/h3-8H,1-2H3,(H,15,16,17).